The Kier molecular flexibility index (Phi) is 9.10. The fourth-order valence-corrected chi connectivity index (χ4v) is 8.65. The van der Waals surface area contributed by atoms with Gasteiger partial charge in [-0.05, 0) is 85.8 Å². The van der Waals surface area contributed by atoms with E-state index in [1.807, 2.05) is 34.1 Å². The highest BCUT2D eigenvalue weighted by Gasteiger charge is 2.48. The van der Waals surface area contributed by atoms with E-state index in [1.165, 1.54) is 17.7 Å². The summed E-state index contributed by atoms with van der Waals surface area (Å²) in [5.41, 5.74) is 2.48. The zero-order valence-corrected chi connectivity index (χ0v) is 27.0. The topological polar surface area (TPSA) is 74.8 Å². The van der Waals surface area contributed by atoms with Crippen LogP contribution in [-0.2, 0) is 20.4 Å². The van der Waals surface area contributed by atoms with E-state index >= 15 is 0 Å². The van der Waals surface area contributed by atoms with Crippen LogP contribution in [0.3, 0.4) is 0 Å². The zero-order valence-electron chi connectivity index (χ0n) is 24.7. The molecular formula is C35H38Cl2N2O4S. The van der Waals surface area contributed by atoms with Crippen LogP contribution in [0.4, 0.5) is 0 Å². The number of carbonyl (C=O) groups is 2. The van der Waals surface area contributed by atoms with E-state index < -0.39 is 9.05 Å². The summed E-state index contributed by atoms with van der Waals surface area (Å²) in [6.07, 6.45) is 6.97. The first-order chi connectivity index (χ1) is 21.1. The Balaban J connectivity index is 1.05. The number of carbonyl (C=O) groups excluding carboxylic acids is 2. The van der Waals surface area contributed by atoms with E-state index in [1.54, 1.807) is 18.2 Å². The van der Waals surface area contributed by atoms with E-state index in [0.717, 1.165) is 63.6 Å². The van der Waals surface area contributed by atoms with Crippen molar-refractivity contribution in [2.24, 2.45) is 17.3 Å². The SMILES string of the molecule is O=C(c1ccccc1Cl)N1C[C@H](CCC2CCC3(CC2)CCN(Cc2ccc(S(=O)(=O)Cl)cc2)C3=O)[C@@H](c2ccccc2)C1. The average molecular weight is 654 g/mol. The van der Waals surface area contributed by atoms with Gasteiger partial charge in [0.15, 0.2) is 0 Å². The number of likely N-dealkylation sites (tertiary alicyclic amines) is 2. The molecule has 2 aliphatic heterocycles. The second-order valence-electron chi connectivity index (χ2n) is 12.8. The molecule has 0 unspecified atom stereocenters. The molecule has 3 aliphatic rings. The smallest absolute Gasteiger partial charge is 0.261 e. The maximum absolute atomic E-state index is 13.6. The van der Waals surface area contributed by atoms with Gasteiger partial charge in [-0.25, -0.2) is 8.42 Å². The van der Waals surface area contributed by atoms with Crippen LogP contribution in [0.25, 0.3) is 0 Å². The van der Waals surface area contributed by atoms with E-state index in [2.05, 4.69) is 24.3 Å². The molecular weight excluding hydrogens is 615 g/mol. The van der Waals surface area contributed by atoms with E-state index in [0.29, 0.717) is 41.4 Å². The van der Waals surface area contributed by atoms with Crippen molar-refractivity contribution in [3.8, 4) is 0 Å². The highest BCUT2D eigenvalue weighted by atomic mass is 35.7. The minimum atomic E-state index is -3.76. The van der Waals surface area contributed by atoms with Gasteiger partial charge in [0.1, 0.15) is 0 Å². The highest BCUT2D eigenvalue weighted by molar-refractivity contribution is 8.13. The molecule has 2 heterocycles. The second kappa shape index (κ2) is 12.9. The second-order valence-corrected chi connectivity index (χ2v) is 15.8. The number of hydrogen-bond donors (Lipinski definition) is 0. The molecule has 232 valence electrons. The lowest BCUT2D eigenvalue weighted by molar-refractivity contribution is -0.138. The summed E-state index contributed by atoms with van der Waals surface area (Å²) in [6, 6.07) is 24.3. The van der Waals surface area contributed by atoms with Gasteiger partial charge in [-0.2, -0.15) is 0 Å². The molecule has 6 nitrogen and oxygen atoms in total. The lowest BCUT2D eigenvalue weighted by Crippen LogP contribution is -2.37. The van der Waals surface area contributed by atoms with Gasteiger partial charge in [-0.1, -0.05) is 72.6 Å². The summed E-state index contributed by atoms with van der Waals surface area (Å²) < 4.78 is 23.1. The van der Waals surface area contributed by atoms with Gasteiger partial charge in [0.2, 0.25) is 5.91 Å². The van der Waals surface area contributed by atoms with Crippen LogP contribution in [0.2, 0.25) is 5.02 Å². The quantitative estimate of drug-likeness (QED) is 0.236. The van der Waals surface area contributed by atoms with Gasteiger partial charge < -0.3 is 9.80 Å². The molecule has 0 bridgehead atoms. The predicted molar refractivity (Wildman–Crippen MR) is 173 cm³/mol. The maximum atomic E-state index is 13.6. The molecule has 0 radical (unpaired) electrons. The molecule has 0 N–H and O–H groups in total. The average Bonchev–Trinajstić information content (AvgIpc) is 3.59. The third-order valence-electron chi connectivity index (χ3n) is 10.2. The summed E-state index contributed by atoms with van der Waals surface area (Å²) in [5, 5.41) is 0.494. The van der Waals surface area contributed by atoms with E-state index in [-0.39, 0.29) is 22.1 Å². The van der Waals surface area contributed by atoms with Crippen LogP contribution in [0, 0.1) is 17.3 Å². The van der Waals surface area contributed by atoms with Gasteiger partial charge in [0, 0.05) is 42.8 Å². The zero-order chi connectivity index (χ0) is 30.9. The van der Waals surface area contributed by atoms with Crippen molar-refractivity contribution < 1.29 is 18.0 Å². The number of nitrogens with zero attached hydrogens (tertiary/aromatic N) is 2. The van der Waals surface area contributed by atoms with Gasteiger partial charge in [-0.15, -0.1) is 0 Å². The van der Waals surface area contributed by atoms with Crippen molar-refractivity contribution in [1.29, 1.82) is 0 Å². The molecule has 1 saturated carbocycles. The Hall–Kier alpha value is -2.87. The normalized spacial score (nSPS) is 25.6. The minimum absolute atomic E-state index is 0.00274. The van der Waals surface area contributed by atoms with Crippen LogP contribution in [0.1, 0.15) is 72.3 Å². The Morgan fingerprint density at radius 3 is 2.23 bits per heavy atom. The van der Waals surface area contributed by atoms with Crippen LogP contribution in [0.15, 0.2) is 83.8 Å². The lowest BCUT2D eigenvalue weighted by Gasteiger charge is -2.36. The van der Waals surface area contributed by atoms with E-state index in [4.69, 9.17) is 22.3 Å². The Morgan fingerprint density at radius 1 is 0.864 bits per heavy atom. The molecule has 1 spiro atoms. The van der Waals surface area contributed by atoms with Crippen molar-refractivity contribution in [3.05, 3.63) is 101 Å². The summed E-state index contributed by atoms with van der Waals surface area (Å²) in [6.45, 7) is 2.64. The molecule has 3 fully saturated rings. The number of benzene rings is 3. The fraction of sp³-hybridized carbons (Fsp3) is 0.429. The molecule has 2 saturated heterocycles. The Morgan fingerprint density at radius 2 is 1.55 bits per heavy atom. The van der Waals surface area contributed by atoms with Crippen LogP contribution in [-0.4, -0.2) is 49.7 Å². The lowest BCUT2D eigenvalue weighted by atomic mass is 9.68. The minimum Gasteiger partial charge on any atom is -0.338 e. The summed E-state index contributed by atoms with van der Waals surface area (Å²) >= 11 is 6.38. The molecule has 1 aliphatic carbocycles. The van der Waals surface area contributed by atoms with Gasteiger partial charge >= 0.3 is 0 Å². The maximum Gasteiger partial charge on any atom is 0.261 e. The standard InChI is InChI=1S/C35H38Cl2N2O4S/c36-32-9-5-4-8-30(32)33(40)39-23-28(31(24-39)27-6-2-1-3-7-27)13-10-25-16-18-35(19-17-25)20-21-38(34(35)41)22-26-11-14-29(15-12-26)44(37,42)43/h1-9,11-12,14-15,25,28,31H,10,13,16-24H2/t25?,28-,31+,35?/m0/s1. The molecule has 6 rings (SSSR count). The van der Waals surface area contributed by atoms with Crippen LogP contribution < -0.4 is 0 Å². The molecule has 9 heteroatoms. The van der Waals surface area contributed by atoms with Crippen LogP contribution in [0.5, 0.6) is 0 Å². The molecule has 0 aromatic heterocycles. The summed E-state index contributed by atoms with van der Waals surface area (Å²) in [5.74, 6) is 1.49. The third kappa shape index (κ3) is 6.56. The summed E-state index contributed by atoms with van der Waals surface area (Å²) in [7, 11) is 1.68. The van der Waals surface area contributed by atoms with Gasteiger partial charge in [-0.3, -0.25) is 9.59 Å². The molecule has 44 heavy (non-hydrogen) atoms. The van der Waals surface area contributed by atoms with Crippen molar-refractivity contribution >= 4 is 43.1 Å². The van der Waals surface area contributed by atoms with E-state index in [9.17, 15) is 18.0 Å². The van der Waals surface area contributed by atoms with Gasteiger partial charge in [0.25, 0.3) is 15.0 Å². The number of amides is 2. The first-order valence-corrected chi connectivity index (χ1v) is 18.2. The first-order valence-electron chi connectivity index (χ1n) is 15.5. The molecule has 3 aromatic carbocycles. The number of hydrogen-bond acceptors (Lipinski definition) is 4. The fourth-order valence-electron chi connectivity index (χ4n) is 7.67. The Labute approximate surface area is 269 Å². The third-order valence-corrected chi connectivity index (χ3v) is 11.9. The summed E-state index contributed by atoms with van der Waals surface area (Å²) in [4.78, 5) is 31.0. The van der Waals surface area contributed by atoms with Crippen LogP contribution >= 0.6 is 22.3 Å². The molecule has 2 amide bonds. The number of rotatable bonds is 8. The highest BCUT2D eigenvalue weighted by Crippen LogP contribution is 2.48. The number of halogens is 2. The van der Waals surface area contributed by atoms with Crippen molar-refractivity contribution in [1.82, 2.24) is 9.80 Å². The van der Waals surface area contributed by atoms with Crippen molar-refractivity contribution in [2.75, 3.05) is 19.6 Å². The monoisotopic (exact) mass is 652 g/mol. The molecule has 2 atom stereocenters. The van der Waals surface area contributed by atoms with Crippen molar-refractivity contribution in [2.45, 2.75) is 62.3 Å². The molecule has 3 aromatic rings. The van der Waals surface area contributed by atoms with Crippen molar-refractivity contribution in [3.63, 3.8) is 0 Å². The predicted octanol–water partition coefficient (Wildman–Crippen LogP) is 7.51. The first kappa shape index (κ1) is 31.1. The Bertz CT molecular complexity index is 1610. The largest absolute Gasteiger partial charge is 0.338 e. The van der Waals surface area contributed by atoms with Gasteiger partial charge in [0.05, 0.1) is 20.9 Å².